The van der Waals surface area contributed by atoms with Crippen LogP contribution in [0.4, 0.5) is 28.0 Å². The Bertz CT molecular complexity index is 1260. The van der Waals surface area contributed by atoms with Crippen molar-refractivity contribution in [3.8, 4) is 12.1 Å². The SMILES string of the molecule is COCCN(CCOC)c1ccc(N=Nc2sc(C=O)c(Cl)c2C#N)c(Nc2ncnc(OC)n2)c1. The molecule has 1 aromatic carbocycles. The first-order chi connectivity index (χ1) is 17.5. The van der Waals surface area contributed by atoms with Gasteiger partial charge in [-0.3, -0.25) is 4.79 Å². The topological polar surface area (TPSA) is 147 Å². The first kappa shape index (κ1) is 26.9. The van der Waals surface area contributed by atoms with E-state index in [9.17, 15) is 10.1 Å². The molecule has 0 unspecified atom stereocenters. The monoisotopic (exact) mass is 530 g/mol. The van der Waals surface area contributed by atoms with Crippen LogP contribution in [0, 0.1) is 11.3 Å². The summed E-state index contributed by atoms with van der Waals surface area (Å²) in [6.07, 6.45) is 1.90. The first-order valence-electron chi connectivity index (χ1n) is 10.5. The molecule has 12 nitrogen and oxygen atoms in total. The summed E-state index contributed by atoms with van der Waals surface area (Å²) in [6.45, 7) is 2.31. The van der Waals surface area contributed by atoms with Gasteiger partial charge in [-0.1, -0.05) is 11.6 Å². The van der Waals surface area contributed by atoms with Gasteiger partial charge in [-0.25, -0.2) is 4.98 Å². The lowest BCUT2D eigenvalue weighted by Gasteiger charge is -2.25. The predicted octanol–water partition coefficient (Wildman–Crippen LogP) is 4.54. The molecule has 14 heteroatoms. The van der Waals surface area contributed by atoms with E-state index in [-0.39, 0.29) is 32.4 Å². The molecule has 2 heterocycles. The second-order valence-corrected chi connectivity index (χ2v) is 8.39. The molecule has 0 spiro atoms. The lowest BCUT2D eigenvalue weighted by atomic mass is 10.2. The third-order valence-corrected chi connectivity index (χ3v) is 6.28. The summed E-state index contributed by atoms with van der Waals surface area (Å²) >= 11 is 7.08. The van der Waals surface area contributed by atoms with Crippen LogP contribution in [0.25, 0.3) is 0 Å². The van der Waals surface area contributed by atoms with Gasteiger partial charge in [0, 0.05) is 33.0 Å². The van der Waals surface area contributed by atoms with E-state index in [1.165, 1.54) is 13.4 Å². The molecule has 0 saturated heterocycles. The number of nitriles is 1. The number of methoxy groups -OCH3 is 3. The van der Waals surface area contributed by atoms with Gasteiger partial charge in [-0.2, -0.15) is 15.2 Å². The smallest absolute Gasteiger partial charge is 0.320 e. The van der Waals surface area contributed by atoms with E-state index in [4.69, 9.17) is 25.8 Å². The van der Waals surface area contributed by atoms with Crippen LogP contribution in [0.1, 0.15) is 15.2 Å². The zero-order valence-electron chi connectivity index (χ0n) is 19.8. The molecule has 3 rings (SSSR count). The van der Waals surface area contributed by atoms with Crippen molar-refractivity contribution in [2.45, 2.75) is 0 Å². The Labute approximate surface area is 216 Å². The van der Waals surface area contributed by atoms with Gasteiger partial charge < -0.3 is 24.4 Å². The predicted molar refractivity (Wildman–Crippen MR) is 136 cm³/mol. The molecule has 36 heavy (non-hydrogen) atoms. The van der Waals surface area contributed by atoms with Crippen LogP contribution in [0.2, 0.25) is 5.02 Å². The van der Waals surface area contributed by atoms with Crippen molar-refractivity contribution in [1.82, 2.24) is 15.0 Å². The second kappa shape index (κ2) is 13.4. The van der Waals surface area contributed by atoms with Gasteiger partial charge in [0.25, 0.3) is 0 Å². The van der Waals surface area contributed by atoms with Gasteiger partial charge in [0.2, 0.25) is 5.95 Å². The molecule has 0 aliphatic rings. The summed E-state index contributed by atoms with van der Waals surface area (Å²) in [5, 5.41) is 21.3. The van der Waals surface area contributed by atoms with Crippen molar-refractivity contribution in [3.63, 3.8) is 0 Å². The maximum absolute atomic E-state index is 11.2. The quantitative estimate of drug-likeness (QED) is 0.246. The van der Waals surface area contributed by atoms with Gasteiger partial charge in [-0.15, -0.1) is 21.6 Å². The van der Waals surface area contributed by atoms with Gasteiger partial charge >= 0.3 is 6.01 Å². The molecule has 0 bridgehead atoms. The van der Waals surface area contributed by atoms with Crippen molar-refractivity contribution in [2.24, 2.45) is 10.2 Å². The minimum Gasteiger partial charge on any atom is -0.467 e. The Balaban J connectivity index is 2.03. The molecule has 0 atom stereocenters. The highest BCUT2D eigenvalue weighted by molar-refractivity contribution is 7.18. The fourth-order valence-corrected chi connectivity index (χ4v) is 4.13. The molecule has 0 aliphatic heterocycles. The molecule has 2 aromatic heterocycles. The minimum atomic E-state index is 0.0596. The Morgan fingerprint density at radius 3 is 2.58 bits per heavy atom. The summed E-state index contributed by atoms with van der Waals surface area (Å²) in [6, 6.07) is 7.60. The highest BCUT2D eigenvalue weighted by Crippen LogP contribution is 2.40. The normalized spacial score (nSPS) is 10.9. The number of thiophene rings is 1. The number of nitrogens with one attached hydrogen (secondary N) is 1. The zero-order valence-corrected chi connectivity index (χ0v) is 21.3. The van der Waals surface area contributed by atoms with Crippen molar-refractivity contribution in [1.29, 1.82) is 5.26 Å². The number of aldehydes is 1. The largest absolute Gasteiger partial charge is 0.467 e. The van der Waals surface area contributed by atoms with E-state index in [0.717, 1.165) is 17.0 Å². The molecule has 0 fully saturated rings. The third kappa shape index (κ3) is 6.70. The van der Waals surface area contributed by atoms with Gasteiger partial charge in [0.1, 0.15) is 23.6 Å². The lowest BCUT2D eigenvalue weighted by molar-refractivity contribution is 0.112. The number of nitrogens with zero attached hydrogens (tertiary/aromatic N) is 7. The van der Waals surface area contributed by atoms with Crippen LogP contribution in [-0.2, 0) is 9.47 Å². The molecule has 1 N–H and O–H groups in total. The van der Waals surface area contributed by atoms with Gasteiger partial charge in [0.15, 0.2) is 11.3 Å². The standard InChI is InChI=1S/C22H23ClN8O4S/c1-33-8-6-31(7-9-34-2)14-4-5-16(17(10-14)27-21-25-13-26-22(28-21)35-3)29-30-20-15(11-24)19(23)18(12-32)36-20/h4-5,10,12-13H,6-9H2,1-3H3,(H,25,26,27,28). The van der Waals surface area contributed by atoms with Crippen LogP contribution >= 0.6 is 22.9 Å². The summed E-state index contributed by atoms with van der Waals surface area (Å²) in [7, 11) is 4.73. The lowest BCUT2D eigenvalue weighted by Crippen LogP contribution is -2.30. The van der Waals surface area contributed by atoms with E-state index in [1.807, 2.05) is 18.2 Å². The number of carbonyl (C=O) groups is 1. The molecule has 0 amide bonds. The number of halogens is 1. The molecule has 3 aromatic rings. The number of ether oxygens (including phenoxy) is 3. The summed E-state index contributed by atoms with van der Waals surface area (Å²) < 4.78 is 15.6. The van der Waals surface area contributed by atoms with Crippen LogP contribution in [0.5, 0.6) is 6.01 Å². The van der Waals surface area contributed by atoms with Crippen LogP contribution < -0.4 is 15.0 Å². The van der Waals surface area contributed by atoms with Crippen LogP contribution in [-0.4, -0.2) is 68.9 Å². The average Bonchev–Trinajstić information content (AvgIpc) is 3.22. The number of hydrogen-bond acceptors (Lipinski definition) is 13. The van der Waals surface area contributed by atoms with E-state index in [1.54, 1.807) is 20.3 Å². The van der Waals surface area contributed by atoms with E-state index < -0.39 is 0 Å². The average molecular weight is 531 g/mol. The van der Waals surface area contributed by atoms with E-state index in [2.05, 4.69) is 35.4 Å². The van der Waals surface area contributed by atoms with Crippen LogP contribution in [0.3, 0.4) is 0 Å². The van der Waals surface area contributed by atoms with Crippen molar-refractivity contribution in [2.75, 3.05) is 57.8 Å². The molecule has 188 valence electrons. The number of azo groups is 1. The summed E-state index contributed by atoms with van der Waals surface area (Å²) in [5.41, 5.74) is 1.91. The van der Waals surface area contributed by atoms with Gasteiger partial charge in [-0.05, 0) is 18.2 Å². The first-order valence-corrected chi connectivity index (χ1v) is 11.7. The number of aromatic nitrogens is 3. The Morgan fingerprint density at radius 1 is 1.19 bits per heavy atom. The number of hydrogen-bond donors (Lipinski definition) is 1. The van der Waals surface area contributed by atoms with Crippen LogP contribution in [0.15, 0.2) is 34.8 Å². The molecule has 0 saturated carbocycles. The maximum Gasteiger partial charge on any atom is 0.320 e. The van der Waals surface area contributed by atoms with Crippen molar-refractivity contribution < 1.29 is 19.0 Å². The van der Waals surface area contributed by atoms with Gasteiger partial charge in [0.05, 0.1) is 35.9 Å². The highest BCUT2D eigenvalue weighted by Gasteiger charge is 2.17. The molecule has 0 aliphatic carbocycles. The minimum absolute atomic E-state index is 0.0596. The Hall–Kier alpha value is -3.70. The maximum atomic E-state index is 11.2. The number of rotatable bonds is 13. The zero-order chi connectivity index (χ0) is 25.9. The van der Waals surface area contributed by atoms with Crippen molar-refractivity contribution >= 4 is 57.2 Å². The number of anilines is 3. The fourth-order valence-electron chi connectivity index (χ4n) is 3.00. The molecular weight excluding hydrogens is 508 g/mol. The van der Waals surface area contributed by atoms with Crippen molar-refractivity contribution in [3.05, 3.63) is 40.0 Å². The third-order valence-electron chi connectivity index (χ3n) is 4.78. The van der Waals surface area contributed by atoms with E-state index >= 15 is 0 Å². The summed E-state index contributed by atoms with van der Waals surface area (Å²) in [4.78, 5) is 25.8. The molecule has 0 radical (unpaired) electrons. The van der Waals surface area contributed by atoms with E-state index in [0.29, 0.717) is 44.0 Å². The summed E-state index contributed by atoms with van der Waals surface area (Å²) in [5.74, 6) is 0.232. The Kier molecular flexibility index (Phi) is 10.0. The highest BCUT2D eigenvalue weighted by atomic mass is 35.5. The number of benzene rings is 1. The Morgan fingerprint density at radius 2 is 1.94 bits per heavy atom. The number of carbonyl (C=O) groups excluding carboxylic acids is 1. The fraction of sp³-hybridized carbons (Fsp3) is 0.318. The molecular formula is C22H23ClN8O4S. The second-order valence-electron chi connectivity index (χ2n) is 6.98.